The van der Waals surface area contributed by atoms with Crippen LogP contribution in [0, 0.1) is 6.92 Å². The molecule has 138 valence electrons. The third-order valence-corrected chi connectivity index (χ3v) is 5.49. The lowest BCUT2D eigenvalue weighted by Gasteiger charge is -2.33. The first kappa shape index (κ1) is 19.8. The van der Waals surface area contributed by atoms with Gasteiger partial charge in [-0.3, -0.25) is 4.79 Å². The Morgan fingerprint density at radius 1 is 1.44 bits per heavy atom. The molecule has 1 heterocycles. The molecule has 1 unspecified atom stereocenters. The minimum absolute atomic E-state index is 0.137. The second kappa shape index (κ2) is 8.21. The number of carbonyl (C=O) groups excluding carboxylic acids is 1. The molecule has 1 aromatic rings. The maximum Gasteiger partial charge on any atom is 0.263 e. The number of hydrogen-bond donors (Lipinski definition) is 1. The zero-order chi connectivity index (χ0) is 18.6. The fourth-order valence-electron chi connectivity index (χ4n) is 2.70. The number of rotatable bonds is 6. The quantitative estimate of drug-likeness (QED) is 0.814. The van der Waals surface area contributed by atoms with Crippen molar-refractivity contribution >= 4 is 27.5 Å². The van der Waals surface area contributed by atoms with Crippen molar-refractivity contribution < 1.29 is 17.9 Å². The molecule has 1 N–H and O–H groups in total. The minimum atomic E-state index is -3.45. The number of nitrogens with one attached hydrogen (secondary N) is 1. The number of amides is 1. The van der Waals surface area contributed by atoms with Crippen molar-refractivity contribution in [1.82, 2.24) is 9.62 Å². The SMILES string of the molecule is C=CS(=O)(=O)NC1CCN(C(=O)C(C)Oc2ccc(C)cc2Cl)CC1. The van der Waals surface area contributed by atoms with E-state index in [1.54, 1.807) is 24.0 Å². The zero-order valence-corrected chi connectivity index (χ0v) is 15.9. The van der Waals surface area contributed by atoms with Crippen LogP contribution in [0.15, 0.2) is 30.2 Å². The van der Waals surface area contributed by atoms with Crippen molar-refractivity contribution in [2.45, 2.75) is 38.8 Å². The van der Waals surface area contributed by atoms with E-state index in [1.165, 1.54) is 0 Å². The summed E-state index contributed by atoms with van der Waals surface area (Å²) in [4.78, 5) is 14.2. The molecular formula is C17H23ClN2O4S. The lowest BCUT2D eigenvalue weighted by molar-refractivity contribution is -0.139. The molecule has 0 radical (unpaired) electrons. The van der Waals surface area contributed by atoms with Crippen LogP contribution in [0.1, 0.15) is 25.3 Å². The number of halogens is 1. The second-order valence-corrected chi connectivity index (χ2v) is 8.19. The van der Waals surface area contributed by atoms with Gasteiger partial charge in [0.05, 0.1) is 5.02 Å². The number of aryl methyl sites for hydroxylation is 1. The first-order valence-corrected chi connectivity index (χ1v) is 10.0. The highest BCUT2D eigenvalue weighted by Gasteiger charge is 2.28. The number of ether oxygens (including phenoxy) is 1. The van der Waals surface area contributed by atoms with Crippen molar-refractivity contribution in [2.24, 2.45) is 0 Å². The normalized spacial score (nSPS) is 17.2. The number of likely N-dealkylation sites (tertiary alicyclic amines) is 1. The van der Waals surface area contributed by atoms with Gasteiger partial charge in [-0.25, -0.2) is 13.1 Å². The first-order valence-electron chi connectivity index (χ1n) is 8.08. The Hall–Kier alpha value is -1.57. The number of nitrogens with zero attached hydrogens (tertiary/aromatic N) is 1. The lowest BCUT2D eigenvalue weighted by Crippen LogP contribution is -2.49. The molecule has 1 fully saturated rings. The van der Waals surface area contributed by atoms with E-state index in [2.05, 4.69) is 11.3 Å². The molecule has 0 aliphatic carbocycles. The van der Waals surface area contributed by atoms with Crippen LogP contribution in [0.3, 0.4) is 0 Å². The van der Waals surface area contributed by atoms with Gasteiger partial charge in [-0.1, -0.05) is 24.2 Å². The number of carbonyl (C=O) groups is 1. The van der Waals surface area contributed by atoms with Crippen molar-refractivity contribution in [3.63, 3.8) is 0 Å². The minimum Gasteiger partial charge on any atom is -0.479 e. The third-order valence-electron chi connectivity index (χ3n) is 4.10. The largest absolute Gasteiger partial charge is 0.479 e. The summed E-state index contributed by atoms with van der Waals surface area (Å²) in [6.07, 6.45) is 0.440. The predicted molar refractivity (Wildman–Crippen MR) is 98.1 cm³/mol. The van der Waals surface area contributed by atoms with Gasteiger partial charge in [-0.2, -0.15) is 0 Å². The van der Waals surface area contributed by atoms with Gasteiger partial charge < -0.3 is 9.64 Å². The average Bonchev–Trinajstić information content (AvgIpc) is 2.57. The smallest absolute Gasteiger partial charge is 0.263 e. The molecule has 0 aromatic heterocycles. The molecule has 1 aliphatic rings. The van der Waals surface area contributed by atoms with Crippen molar-refractivity contribution in [1.29, 1.82) is 0 Å². The molecule has 6 nitrogen and oxygen atoms in total. The standard InChI is InChI=1S/C17H23ClN2O4S/c1-4-25(22,23)19-14-7-9-20(10-8-14)17(21)13(3)24-16-6-5-12(2)11-15(16)18/h4-6,11,13-14,19H,1,7-10H2,2-3H3. The highest BCUT2D eigenvalue weighted by molar-refractivity contribution is 7.92. The van der Waals surface area contributed by atoms with Gasteiger partial charge in [0, 0.05) is 24.5 Å². The van der Waals surface area contributed by atoms with E-state index in [9.17, 15) is 13.2 Å². The molecule has 1 atom stereocenters. The Kier molecular flexibility index (Phi) is 6.48. The monoisotopic (exact) mass is 386 g/mol. The van der Waals surface area contributed by atoms with Crippen molar-refractivity contribution in [3.8, 4) is 5.75 Å². The van der Waals surface area contributed by atoms with Gasteiger partial charge in [0.15, 0.2) is 6.10 Å². The summed E-state index contributed by atoms with van der Waals surface area (Å²) in [6.45, 7) is 7.83. The summed E-state index contributed by atoms with van der Waals surface area (Å²) in [6, 6.07) is 5.22. The van der Waals surface area contributed by atoms with E-state index in [1.807, 2.05) is 13.0 Å². The zero-order valence-electron chi connectivity index (χ0n) is 14.4. The highest BCUT2D eigenvalue weighted by atomic mass is 35.5. The fourth-order valence-corrected chi connectivity index (χ4v) is 3.77. The highest BCUT2D eigenvalue weighted by Crippen LogP contribution is 2.26. The molecule has 25 heavy (non-hydrogen) atoms. The summed E-state index contributed by atoms with van der Waals surface area (Å²) < 4.78 is 31.3. The molecule has 2 rings (SSSR count). The Labute approximate surface area is 153 Å². The molecule has 0 spiro atoms. The van der Waals surface area contributed by atoms with Crippen LogP contribution < -0.4 is 9.46 Å². The van der Waals surface area contributed by atoms with E-state index in [-0.39, 0.29) is 11.9 Å². The number of hydrogen-bond acceptors (Lipinski definition) is 4. The summed E-state index contributed by atoms with van der Waals surface area (Å²) in [5, 5.41) is 1.36. The van der Waals surface area contributed by atoms with Gasteiger partial charge in [-0.15, -0.1) is 0 Å². The van der Waals surface area contributed by atoms with Crippen LogP contribution in [0.25, 0.3) is 0 Å². The maximum atomic E-state index is 12.5. The molecule has 0 saturated carbocycles. The fraction of sp³-hybridized carbons (Fsp3) is 0.471. The van der Waals surface area contributed by atoms with Gasteiger partial charge in [0.1, 0.15) is 5.75 Å². The van der Waals surface area contributed by atoms with Crippen LogP contribution in [0.2, 0.25) is 5.02 Å². The average molecular weight is 387 g/mol. The number of sulfonamides is 1. The third kappa shape index (κ3) is 5.45. The summed E-state index contributed by atoms with van der Waals surface area (Å²) in [5.41, 5.74) is 1.01. The van der Waals surface area contributed by atoms with Crippen LogP contribution in [0.4, 0.5) is 0 Å². The Morgan fingerprint density at radius 2 is 2.08 bits per heavy atom. The Morgan fingerprint density at radius 3 is 2.64 bits per heavy atom. The van der Waals surface area contributed by atoms with E-state index in [0.29, 0.717) is 36.7 Å². The molecular weight excluding hydrogens is 364 g/mol. The van der Waals surface area contributed by atoms with Crippen molar-refractivity contribution in [2.75, 3.05) is 13.1 Å². The summed E-state index contributed by atoms with van der Waals surface area (Å²) >= 11 is 6.14. The van der Waals surface area contributed by atoms with Gasteiger partial charge >= 0.3 is 0 Å². The topological polar surface area (TPSA) is 75.7 Å². The van der Waals surface area contributed by atoms with Gasteiger partial charge in [0.25, 0.3) is 5.91 Å². The Balaban J connectivity index is 1.90. The van der Waals surface area contributed by atoms with Crippen LogP contribution in [-0.2, 0) is 14.8 Å². The number of piperidine rings is 1. The molecule has 0 bridgehead atoms. The molecule has 8 heteroatoms. The van der Waals surface area contributed by atoms with Crippen molar-refractivity contribution in [3.05, 3.63) is 40.8 Å². The molecule has 1 amide bonds. The summed E-state index contributed by atoms with van der Waals surface area (Å²) in [7, 11) is -3.45. The predicted octanol–water partition coefficient (Wildman–Crippen LogP) is 2.47. The summed E-state index contributed by atoms with van der Waals surface area (Å²) in [5.74, 6) is 0.336. The van der Waals surface area contributed by atoms with Crippen LogP contribution >= 0.6 is 11.6 Å². The molecule has 1 aromatic carbocycles. The maximum absolute atomic E-state index is 12.5. The number of benzene rings is 1. The molecule has 1 saturated heterocycles. The van der Waals surface area contributed by atoms with E-state index >= 15 is 0 Å². The molecule has 1 aliphatic heterocycles. The van der Waals surface area contributed by atoms with E-state index in [4.69, 9.17) is 16.3 Å². The van der Waals surface area contributed by atoms with Crippen LogP contribution in [0.5, 0.6) is 5.75 Å². The van der Waals surface area contributed by atoms with Crippen LogP contribution in [-0.4, -0.2) is 44.5 Å². The van der Waals surface area contributed by atoms with Gasteiger partial charge in [-0.05, 0) is 44.4 Å². The lowest BCUT2D eigenvalue weighted by atomic mass is 10.1. The van der Waals surface area contributed by atoms with E-state index < -0.39 is 16.1 Å². The Bertz CT molecular complexity index is 743. The van der Waals surface area contributed by atoms with Gasteiger partial charge in [0.2, 0.25) is 10.0 Å². The van der Waals surface area contributed by atoms with E-state index in [0.717, 1.165) is 11.0 Å². The second-order valence-electron chi connectivity index (χ2n) is 6.12. The first-order chi connectivity index (χ1) is 11.7.